The molecule has 4 amide bonds. The molecule has 0 N–H and O–H groups in total. The van der Waals surface area contributed by atoms with Crippen LogP contribution in [0.5, 0.6) is 0 Å². The van der Waals surface area contributed by atoms with Crippen LogP contribution in [0.25, 0.3) is 0 Å². The van der Waals surface area contributed by atoms with Gasteiger partial charge in [0, 0.05) is 18.8 Å². The van der Waals surface area contributed by atoms with Gasteiger partial charge in [0.15, 0.2) is 5.00 Å². The van der Waals surface area contributed by atoms with Crippen molar-refractivity contribution in [3.63, 3.8) is 0 Å². The molecule has 9 heteroatoms. The fourth-order valence-corrected chi connectivity index (χ4v) is 3.35. The smallest absolute Gasteiger partial charge is 0.265 e. The van der Waals surface area contributed by atoms with E-state index >= 15 is 0 Å². The number of amides is 4. The molecule has 1 saturated heterocycles. The summed E-state index contributed by atoms with van der Waals surface area (Å²) in [7, 11) is 1.31. The van der Waals surface area contributed by atoms with Crippen LogP contribution in [0.1, 0.15) is 33.6 Å². The number of likely N-dealkylation sites (N-methyl/N-ethyl adjacent to an activating group) is 1. The van der Waals surface area contributed by atoms with Gasteiger partial charge in [-0.2, -0.15) is 0 Å². The first-order valence-corrected chi connectivity index (χ1v) is 6.98. The summed E-state index contributed by atoms with van der Waals surface area (Å²) in [4.78, 5) is 60.6. The predicted molar refractivity (Wildman–Crippen MR) is 71.1 cm³/mol. The molecule has 1 aromatic heterocycles. The van der Waals surface area contributed by atoms with Gasteiger partial charge in [0.2, 0.25) is 5.91 Å². The number of thiophene rings is 1. The quantitative estimate of drug-likeness (QED) is 0.596. The Bertz CT molecular complexity index is 710. The molecule has 8 nitrogen and oxygen atoms in total. The van der Waals surface area contributed by atoms with Crippen molar-refractivity contribution in [3.8, 4) is 0 Å². The first-order valence-electron chi connectivity index (χ1n) is 6.10. The van der Waals surface area contributed by atoms with Crippen LogP contribution in [-0.4, -0.2) is 46.5 Å². The van der Waals surface area contributed by atoms with Crippen LogP contribution in [0.15, 0.2) is 10.6 Å². The van der Waals surface area contributed by atoms with E-state index in [1.54, 1.807) is 0 Å². The zero-order chi connectivity index (χ0) is 15.3. The predicted octanol–water partition coefficient (Wildman–Crippen LogP) is 0.889. The highest BCUT2D eigenvalue weighted by atomic mass is 32.1. The lowest BCUT2D eigenvalue weighted by molar-refractivity contribution is -0.149. The fourth-order valence-electron chi connectivity index (χ4n) is 2.54. The molecular formula is C12H9N3O5S. The first-order chi connectivity index (χ1) is 9.97. The molecule has 0 spiro atoms. The van der Waals surface area contributed by atoms with E-state index in [1.165, 1.54) is 12.4 Å². The van der Waals surface area contributed by atoms with Crippen LogP contribution in [0.4, 0.5) is 5.00 Å². The minimum Gasteiger partial charge on any atom is -0.284 e. The summed E-state index contributed by atoms with van der Waals surface area (Å²) in [6, 6.07) is -1.01. The maximum atomic E-state index is 12.3. The normalized spacial score (nSPS) is 22.0. The summed E-state index contributed by atoms with van der Waals surface area (Å²) in [5.74, 6) is -2.27. The molecule has 2 aliphatic heterocycles. The minimum absolute atomic E-state index is 0.0487. The second-order valence-electron chi connectivity index (χ2n) is 4.75. The summed E-state index contributed by atoms with van der Waals surface area (Å²) < 4.78 is 0. The molecule has 0 radical (unpaired) electrons. The zero-order valence-corrected chi connectivity index (χ0v) is 11.7. The molecule has 0 saturated carbocycles. The highest BCUT2D eigenvalue weighted by molar-refractivity contribution is 7.14. The van der Waals surface area contributed by atoms with Gasteiger partial charge in [-0.1, -0.05) is 0 Å². The summed E-state index contributed by atoms with van der Waals surface area (Å²) in [6.07, 6.45) is 0.173. The Kier molecular flexibility index (Phi) is 2.94. The maximum absolute atomic E-state index is 12.3. The van der Waals surface area contributed by atoms with E-state index < -0.39 is 23.8 Å². The average molecular weight is 307 g/mol. The van der Waals surface area contributed by atoms with Gasteiger partial charge in [-0.05, 0) is 11.6 Å². The van der Waals surface area contributed by atoms with Gasteiger partial charge < -0.3 is 0 Å². The van der Waals surface area contributed by atoms with Crippen LogP contribution < -0.4 is 0 Å². The Hall–Kier alpha value is -2.42. The van der Waals surface area contributed by atoms with E-state index in [0.717, 1.165) is 21.1 Å². The molecule has 3 rings (SSSR count). The number of carbonyl (C=O) groups is 4. The van der Waals surface area contributed by atoms with Gasteiger partial charge in [0.05, 0.1) is 11.1 Å². The number of fused-ring (bicyclic) bond motifs is 1. The van der Waals surface area contributed by atoms with Crippen LogP contribution >= 0.6 is 11.3 Å². The number of hydrogen-bond donors (Lipinski definition) is 0. The third-order valence-corrected chi connectivity index (χ3v) is 4.52. The number of piperidine rings is 1. The van der Waals surface area contributed by atoms with Crippen LogP contribution in [0, 0.1) is 4.91 Å². The molecule has 0 bridgehead atoms. The second-order valence-corrected chi connectivity index (χ2v) is 5.60. The highest BCUT2D eigenvalue weighted by Gasteiger charge is 2.48. The Morgan fingerprint density at radius 1 is 1.24 bits per heavy atom. The number of rotatable bonds is 2. The first kappa shape index (κ1) is 13.6. The molecule has 0 aromatic carbocycles. The number of carbonyl (C=O) groups excluding carboxylic acids is 4. The van der Waals surface area contributed by atoms with Gasteiger partial charge in [-0.3, -0.25) is 29.0 Å². The summed E-state index contributed by atoms with van der Waals surface area (Å²) in [5, 5.41) is 4.04. The average Bonchev–Trinajstić information content (AvgIpc) is 2.99. The Morgan fingerprint density at radius 2 is 1.95 bits per heavy atom. The molecular weight excluding hydrogens is 298 g/mol. The molecule has 21 heavy (non-hydrogen) atoms. The van der Waals surface area contributed by atoms with Gasteiger partial charge in [-0.15, -0.1) is 16.2 Å². The van der Waals surface area contributed by atoms with Crippen LogP contribution in [0.2, 0.25) is 0 Å². The van der Waals surface area contributed by atoms with Crippen molar-refractivity contribution in [1.29, 1.82) is 0 Å². The highest BCUT2D eigenvalue weighted by Crippen LogP contribution is 2.38. The zero-order valence-electron chi connectivity index (χ0n) is 10.9. The van der Waals surface area contributed by atoms with Crippen molar-refractivity contribution in [2.45, 2.75) is 18.9 Å². The van der Waals surface area contributed by atoms with E-state index in [1.807, 2.05) is 0 Å². The van der Waals surface area contributed by atoms with Crippen LogP contribution in [-0.2, 0) is 9.59 Å². The number of imide groups is 2. The summed E-state index contributed by atoms with van der Waals surface area (Å²) in [5.41, 5.74) is 0.0410. The SMILES string of the molecule is CN1C(=O)CCC(N2C(=O)c3csc(N=O)c3C2=O)C1=O. The van der Waals surface area contributed by atoms with Gasteiger partial charge >= 0.3 is 0 Å². The van der Waals surface area contributed by atoms with Crippen molar-refractivity contribution in [2.24, 2.45) is 5.18 Å². The molecule has 0 aliphatic carbocycles. The largest absolute Gasteiger partial charge is 0.284 e. The Morgan fingerprint density at radius 3 is 2.62 bits per heavy atom. The van der Waals surface area contributed by atoms with E-state index in [0.29, 0.717) is 0 Å². The van der Waals surface area contributed by atoms with Crippen molar-refractivity contribution < 1.29 is 19.2 Å². The molecule has 2 aliphatic rings. The van der Waals surface area contributed by atoms with Crippen molar-refractivity contribution in [3.05, 3.63) is 21.4 Å². The van der Waals surface area contributed by atoms with Gasteiger partial charge in [0.25, 0.3) is 17.7 Å². The Labute approximate surface area is 122 Å². The third-order valence-electron chi connectivity index (χ3n) is 3.67. The minimum atomic E-state index is -1.01. The second kappa shape index (κ2) is 4.55. The third kappa shape index (κ3) is 1.74. The molecule has 1 aromatic rings. The standard InChI is InChI=1S/C12H9N3O5S/c1-14-7(16)3-2-6(11(14)18)15-10(17)5-4-21-9(13-20)8(5)12(15)19/h4,6H,2-3H2,1H3. The summed E-state index contributed by atoms with van der Waals surface area (Å²) in [6.45, 7) is 0. The molecule has 1 atom stereocenters. The van der Waals surface area contributed by atoms with Gasteiger partial charge in [0.1, 0.15) is 6.04 Å². The lowest BCUT2D eigenvalue weighted by Gasteiger charge is -2.32. The summed E-state index contributed by atoms with van der Waals surface area (Å²) >= 11 is 0.913. The van der Waals surface area contributed by atoms with Crippen LogP contribution in [0.3, 0.4) is 0 Å². The van der Waals surface area contributed by atoms with E-state index in [-0.39, 0.29) is 34.9 Å². The van der Waals surface area contributed by atoms with Crippen molar-refractivity contribution >= 4 is 40.0 Å². The van der Waals surface area contributed by atoms with E-state index in [2.05, 4.69) is 5.18 Å². The fraction of sp³-hybridized carbons (Fsp3) is 0.333. The lowest BCUT2D eigenvalue weighted by Crippen LogP contribution is -2.54. The number of hydrogen-bond acceptors (Lipinski definition) is 7. The van der Waals surface area contributed by atoms with E-state index in [9.17, 15) is 24.1 Å². The monoisotopic (exact) mass is 307 g/mol. The lowest BCUT2D eigenvalue weighted by atomic mass is 10.0. The molecule has 1 unspecified atom stereocenters. The van der Waals surface area contributed by atoms with Crippen molar-refractivity contribution in [1.82, 2.24) is 9.80 Å². The number of nitroso groups, excluding NO2 is 1. The topological polar surface area (TPSA) is 104 Å². The number of nitrogens with zero attached hydrogens (tertiary/aromatic N) is 3. The van der Waals surface area contributed by atoms with Gasteiger partial charge in [-0.25, -0.2) is 0 Å². The maximum Gasteiger partial charge on any atom is 0.265 e. The molecule has 1 fully saturated rings. The molecule has 3 heterocycles. The van der Waals surface area contributed by atoms with Crippen molar-refractivity contribution in [2.75, 3.05) is 7.05 Å². The molecule has 108 valence electrons. The van der Waals surface area contributed by atoms with E-state index in [4.69, 9.17) is 0 Å². The number of likely N-dealkylation sites (tertiary alicyclic amines) is 1. The Balaban J connectivity index is 1.99.